The molecule has 0 bridgehead atoms. The summed E-state index contributed by atoms with van der Waals surface area (Å²) in [6.45, 7) is 2.94. The van der Waals surface area contributed by atoms with Crippen molar-refractivity contribution in [1.82, 2.24) is 15.1 Å². The number of hydrogen-bond acceptors (Lipinski definition) is 3. The molecule has 0 aliphatic heterocycles. The summed E-state index contributed by atoms with van der Waals surface area (Å²) in [7, 11) is 0. The van der Waals surface area contributed by atoms with Crippen LogP contribution in [-0.2, 0) is 6.54 Å². The molecule has 0 atom stereocenters. The molecule has 168 valence electrons. The molecule has 5 heteroatoms. The second-order valence-corrected chi connectivity index (χ2v) is 7.95. The van der Waals surface area contributed by atoms with Gasteiger partial charge in [-0.25, -0.2) is 4.68 Å². The maximum Gasteiger partial charge on any atom is 0.252 e. The highest BCUT2D eigenvalue weighted by Gasteiger charge is 2.15. The van der Waals surface area contributed by atoms with E-state index in [1.165, 1.54) is 0 Å². The van der Waals surface area contributed by atoms with E-state index in [1.807, 2.05) is 115 Å². The van der Waals surface area contributed by atoms with Gasteiger partial charge in [-0.3, -0.25) is 4.79 Å². The fraction of sp³-hybridized carbons (Fsp3) is 0.103. The maximum atomic E-state index is 13.1. The lowest BCUT2D eigenvalue weighted by Gasteiger charge is -2.09. The lowest BCUT2D eigenvalue weighted by Crippen LogP contribution is -2.23. The third-order valence-corrected chi connectivity index (χ3v) is 5.72. The first-order valence-electron chi connectivity index (χ1n) is 11.4. The standard InChI is InChI=1S/C29H25N3O2/c1-2-34-25-17-15-22(16-18-25)28-23(20-32(31-28)24-11-4-3-5-12-24)19-30-29(33)27-14-8-10-21-9-6-7-13-26(21)27/h3-18,20H,2,19H2,1H3,(H,30,33). The van der Waals surface area contributed by atoms with Gasteiger partial charge in [0.1, 0.15) is 5.75 Å². The Labute approximate surface area is 198 Å². The van der Waals surface area contributed by atoms with Gasteiger partial charge < -0.3 is 10.1 Å². The molecular weight excluding hydrogens is 422 g/mol. The van der Waals surface area contributed by atoms with Crippen LogP contribution < -0.4 is 10.1 Å². The third kappa shape index (κ3) is 4.41. The number of hydrogen-bond donors (Lipinski definition) is 1. The molecule has 34 heavy (non-hydrogen) atoms. The summed E-state index contributed by atoms with van der Waals surface area (Å²) in [6, 6.07) is 31.5. The van der Waals surface area contributed by atoms with E-state index in [0.717, 1.165) is 39.0 Å². The molecule has 0 fully saturated rings. The predicted molar refractivity (Wildman–Crippen MR) is 135 cm³/mol. The van der Waals surface area contributed by atoms with Gasteiger partial charge in [-0.05, 0) is 60.2 Å². The van der Waals surface area contributed by atoms with Crippen molar-refractivity contribution in [3.63, 3.8) is 0 Å². The zero-order valence-corrected chi connectivity index (χ0v) is 18.9. The van der Waals surface area contributed by atoms with E-state index in [1.54, 1.807) is 0 Å². The van der Waals surface area contributed by atoms with Gasteiger partial charge in [-0.2, -0.15) is 5.10 Å². The van der Waals surface area contributed by atoms with Crippen molar-refractivity contribution in [1.29, 1.82) is 0 Å². The van der Waals surface area contributed by atoms with Crippen molar-refractivity contribution in [3.8, 4) is 22.7 Å². The van der Waals surface area contributed by atoms with Gasteiger partial charge in [0.15, 0.2) is 0 Å². The quantitative estimate of drug-likeness (QED) is 0.332. The summed E-state index contributed by atoms with van der Waals surface area (Å²) in [4.78, 5) is 13.1. The number of fused-ring (bicyclic) bond motifs is 1. The van der Waals surface area contributed by atoms with Gasteiger partial charge in [0.2, 0.25) is 0 Å². The zero-order chi connectivity index (χ0) is 23.3. The van der Waals surface area contributed by atoms with Crippen LogP contribution in [0.5, 0.6) is 5.75 Å². The Morgan fingerprint density at radius 3 is 2.41 bits per heavy atom. The molecule has 5 rings (SSSR count). The smallest absolute Gasteiger partial charge is 0.252 e. The van der Waals surface area contributed by atoms with Gasteiger partial charge in [0.05, 0.1) is 18.0 Å². The fourth-order valence-corrected chi connectivity index (χ4v) is 4.06. The molecule has 0 spiro atoms. The van der Waals surface area contributed by atoms with Crippen molar-refractivity contribution < 1.29 is 9.53 Å². The number of amides is 1. The van der Waals surface area contributed by atoms with E-state index in [9.17, 15) is 4.79 Å². The highest BCUT2D eigenvalue weighted by atomic mass is 16.5. The molecule has 1 amide bonds. The van der Waals surface area contributed by atoms with Crippen LogP contribution in [-0.4, -0.2) is 22.3 Å². The number of para-hydroxylation sites is 1. The molecular formula is C29H25N3O2. The van der Waals surface area contributed by atoms with Crippen LogP contribution in [0.15, 0.2) is 103 Å². The molecule has 1 heterocycles. The third-order valence-electron chi connectivity index (χ3n) is 5.72. The Kier molecular flexibility index (Phi) is 6.08. The molecule has 4 aromatic carbocycles. The van der Waals surface area contributed by atoms with Crippen LogP contribution in [0, 0.1) is 0 Å². The van der Waals surface area contributed by atoms with Crippen molar-refractivity contribution in [2.75, 3.05) is 6.61 Å². The van der Waals surface area contributed by atoms with Crippen LogP contribution >= 0.6 is 0 Å². The van der Waals surface area contributed by atoms with Gasteiger partial charge in [-0.1, -0.05) is 54.6 Å². The van der Waals surface area contributed by atoms with Crippen LogP contribution in [0.1, 0.15) is 22.8 Å². The number of carbonyl (C=O) groups excluding carboxylic acids is 1. The normalized spacial score (nSPS) is 10.9. The molecule has 5 aromatic rings. The Balaban J connectivity index is 1.46. The number of nitrogens with zero attached hydrogens (tertiary/aromatic N) is 2. The second-order valence-electron chi connectivity index (χ2n) is 7.95. The number of ether oxygens (including phenoxy) is 1. The van der Waals surface area contributed by atoms with Crippen LogP contribution in [0.3, 0.4) is 0 Å². The van der Waals surface area contributed by atoms with Gasteiger partial charge >= 0.3 is 0 Å². The molecule has 0 aliphatic carbocycles. The predicted octanol–water partition coefficient (Wildman–Crippen LogP) is 6.02. The van der Waals surface area contributed by atoms with E-state index in [2.05, 4.69) is 5.32 Å². The van der Waals surface area contributed by atoms with E-state index in [-0.39, 0.29) is 5.91 Å². The summed E-state index contributed by atoms with van der Waals surface area (Å²) in [6.07, 6.45) is 1.98. The Bertz CT molecular complexity index is 1420. The van der Waals surface area contributed by atoms with Gasteiger partial charge in [-0.15, -0.1) is 0 Å². The molecule has 0 radical (unpaired) electrons. The van der Waals surface area contributed by atoms with Crippen molar-refractivity contribution in [3.05, 3.63) is 114 Å². The van der Waals surface area contributed by atoms with Crippen molar-refractivity contribution in [2.45, 2.75) is 13.5 Å². The Hall–Kier alpha value is -4.38. The fourth-order valence-electron chi connectivity index (χ4n) is 4.06. The Morgan fingerprint density at radius 2 is 1.62 bits per heavy atom. The minimum atomic E-state index is -0.109. The Morgan fingerprint density at radius 1 is 0.882 bits per heavy atom. The lowest BCUT2D eigenvalue weighted by molar-refractivity contribution is 0.0952. The minimum Gasteiger partial charge on any atom is -0.494 e. The molecule has 0 saturated heterocycles. The first-order chi connectivity index (χ1) is 16.7. The summed E-state index contributed by atoms with van der Waals surface area (Å²) in [5.41, 5.74) is 4.34. The maximum absolute atomic E-state index is 13.1. The first-order valence-corrected chi connectivity index (χ1v) is 11.4. The summed E-state index contributed by atoms with van der Waals surface area (Å²) < 4.78 is 7.43. The van der Waals surface area contributed by atoms with Gasteiger partial charge in [0, 0.05) is 29.4 Å². The summed E-state index contributed by atoms with van der Waals surface area (Å²) >= 11 is 0. The highest BCUT2D eigenvalue weighted by molar-refractivity contribution is 6.07. The monoisotopic (exact) mass is 447 g/mol. The topological polar surface area (TPSA) is 56.1 Å². The minimum absolute atomic E-state index is 0.109. The van der Waals surface area contributed by atoms with Crippen LogP contribution in [0.4, 0.5) is 0 Å². The molecule has 5 nitrogen and oxygen atoms in total. The van der Waals surface area contributed by atoms with Gasteiger partial charge in [0.25, 0.3) is 5.91 Å². The summed E-state index contributed by atoms with van der Waals surface area (Å²) in [5, 5.41) is 9.93. The largest absolute Gasteiger partial charge is 0.494 e. The lowest BCUT2D eigenvalue weighted by atomic mass is 10.0. The van der Waals surface area contributed by atoms with E-state index in [4.69, 9.17) is 9.84 Å². The zero-order valence-electron chi connectivity index (χ0n) is 18.9. The number of rotatable bonds is 7. The van der Waals surface area contributed by atoms with Crippen molar-refractivity contribution in [2.24, 2.45) is 0 Å². The molecule has 1 N–H and O–H groups in total. The van der Waals surface area contributed by atoms with Crippen LogP contribution in [0.25, 0.3) is 27.7 Å². The first kappa shape index (κ1) is 21.5. The van der Waals surface area contributed by atoms with E-state index in [0.29, 0.717) is 18.7 Å². The van der Waals surface area contributed by atoms with E-state index >= 15 is 0 Å². The van der Waals surface area contributed by atoms with Crippen molar-refractivity contribution >= 4 is 16.7 Å². The number of aromatic nitrogens is 2. The summed E-state index contributed by atoms with van der Waals surface area (Å²) in [5.74, 6) is 0.710. The highest BCUT2D eigenvalue weighted by Crippen LogP contribution is 2.26. The second kappa shape index (κ2) is 9.63. The van der Waals surface area contributed by atoms with E-state index < -0.39 is 0 Å². The average molecular weight is 448 g/mol. The number of benzene rings is 4. The molecule has 0 saturated carbocycles. The number of carbonyl (C=O) groups is 1. The number of nitrogens with one attached hydrogen (secondary N) is 1. The average Bonchev–Trinajstić information content (AvgIpc) is 3.32. The molecule has 1 aromatic heterocycles. The SMILES string of the molecule is CCOc1ccc(-c2nn(-c3ccccc3)cc2CNC(=O)c2cccc3ccccc23)cc1. The molecule has 0 aliphatic rings. The molecule has 0 unspecified atom stereocenters. The van der Waals surface area contributed by atoms with Crippen LogP contribution in [0.2, 0.25) is 0 Å².